The molecule has 1 aliphatic carbocycles. The number of ether oxygens (including phenoxy) is 2. The molecule has 1 saturated carbocycles. The highest BCUT2D eigenvalue weighted by molar-refractivity contribution is 5.80. The van der Waals surface area contributed by atoms with Gasteiger partial charge in [-0.3, -0.25) is 4.79 Å². The van der Waals surface area contributed by atoms with Crippen molar-refractivity contribution >= 4 is 5.91 Å². The molecule has 6 heteroatoms. The lowest BCUT2D eigenvalue weighted by atomic mass is 10.0. The van der Waals surface area contributed by atoms with Crippen LogP contribution in [0.3, 0.4) is 0 Å². The highest BCUT2D eigenvalue weighted by Gasteiger charge is 2.29. The van der Waals surface area contributed by atoms with Gasteiger partial charge in [-0.05, 0) is 18.9 Å². The molecule has 0 spiro atoms. The van der Waals surface area contributed by atoms with E-state index in [1.54, 1.807) is 20.4 Å². The number of carbonyl (C=O) groups is 1. The molecule has 0 radical (unpaired) electrons. The zero-order valence-electron chi connectivity index (χ0n) is 15.0. The summed E-state index contributed by atoms with van der Waals surface area (Å²) < 4.78 is 12.9. The number of nitrogens with one attached hydrogen (secondary N) is 1. The number of aromatic nitrogens is 2. The van der Waals surface area contributed by atoms with Crippen LogP contribution in [-0.2, 0) is 11.8 Å². The zero-order valence-corrected chi connectivity index (χ0v) is 15.0. The van der Waals surface area contributed by atoms with Gasteiger partial charge in [-0.15, -0.1) is 0 Å². The van der Waals surface area contributed by atoms with Crippen molar-refractivity contribution < 1.29 is 14.3 Å². The predicted octanol–water partition coefficient (Wildman–Crippen LogP) is 2.83. The molecule has 1 N–H and O–H groups in total. The van der Waals surface area contributed by atoms with E-state index in [2.05, 4.69) is 10.3 Å². The van der Waals surface area contributed by atoms with E-state index in [1.807, 2.05) is 36.0 Å². The number of benzene rings is 1. The second-order valence-corrected chi connectivity index (χ2v) is 6.40. The van der Waals surface area contributed by atoms with E-state index in [1.165, 1.54) is 0 Å². The summed E-state index contributed by atoms with van der Waals surface area (Å²) in [6.07, 6.45) is 7.75. The van der Waals surface area contributed by atoms with Crippen LogP contribution in [0, 0.1) is 5.92 Å². The Morgan fingerprint density at radius 1 is 1.28 bits per heavy atom. The number of hydrogen-bond donors (Lipinski definition) is 1. The number of rotatable bonds is 6. The Hall–Kier alpha value is -2.50. The summed E-state index contributed by atoms with van der Waals surface area (Å²) in [7, 11) is 5.13. The van der Waals surface area contributed by atoms with Crippen LogP contribution in [0.5, 0.6) is 11.5 Å². The average molecular weight is 343 g/mol. The lowest BCUT2D eigenvalue weighted by Crippen LogP contribution is -2.35. The SMILES string of the molecule is COc1cccc(C(NC(=O)C2CCCC2)c2nccn2C)c1OC. The maximum Gasteiger partial charge on any atom is 0.223 e. The minimum absolute atomic E-state index is 0.0790. The number of nitrogens with zero attached hydrogens (tertiary/aromatic N) is 2. The third kappa shape index (κ3) is 3.48. The van der Waals surface area contributed by atoms with Crippen LogP contribution in [0.15, 0.2) is 30.6 Å². The molecule has 1 aromatic carbocycles. The minimum atomic E-state index is -0.391. The van der Waals surface area contributed by atoms with Crippen molar-refractivity contribution in [3.8, 4) is 11.5 Å². The summed E-state index contributed by atoms with van der Waals surface area (Å²) in [6, 6.07) is 5.29. The van der Waals surface area contributed by atoms with Gasteiger partial charge in [0.05, 0.1) is 14.2 Å². The Bertz CT molecular complexity index is 735. The van der Waals surface area contributed by atoms with E-state index in [-0.39, 0.29) is 11.8 Å². The molecule has 1 aromatic heterocycles. The fourth-order valence-corrected chi connectivity index (χ4v) is 3.52. The quantitative estimate of drug-likeness (QED) is 0.876. The van der Waals surface area contributed by atoms with Gasteiger partial charge < -0.3 is 19.4 Å². The third-order valence-electron chi connectivity index (χ3n) is 4.87. The molecule has 3 rings (SSSR count). The Labute approximate surface area is 148 Å². The van der Waals surface area contributed by atoms with Crippen LogP contribution in [-0.4, -0.2) is 29.7 Å². The van der Waals surface area contributed by atoms with Gasteiger partial charge in [-0.25, -0.2) is 4.98 Å². The second-order valence-electron chi connectivity index (χ2n) is 6.40. The van der Waals surface area contributed by atoms with Gasteiger partial charge in [-0.2, -0.15) is 0 Å². The highest BCUT2D eigenvalue weighted by Crippen LogP contribution is 2.37. The van der Waals surface area contributed by atoms with Crippen LogP contribution in [0.2, 0.25) is 0 Å². The standard InChI is InChI=1S/C19H25N3O3/c1-22-12-11-20-18(22)16(21-19(23)13-7-4-5-8-13)14-9-6-10-15(24-2)17(14)25-3/h6,9-13,16H,4-5,7-8H2,1-3H3,(H,21,23). The molecule has 0 aliphatic heterocycles. The molecule has 0 bridgehead atoms. The smallest absolute Gasteiger partial charge is 0.223 e. The van der Waals surface area contributed by atoms with Gasteiger partial charge in [-0.1, -0.05) is 25.0 Å². The molecule has 0 saturated heterocycles. The van der Waals surface area contributed by atoms with Gasteiger partial charge >= 0.3 is 0 Å². The first-order chi connectivity index (χ1) is 12.2. The number of carbonyl (C=O) groups excluding carboxylic acids is 1. The minimum Gasteiger partial charge on any atom is -0.493 e. The number of hydrogen-bond acceptors (Lipinski definition) is 4. The number of amides is 1. The number of aryl methyl sites for hydroxylation is 1. The van der Waals surface area contributed by atoms with Gasteiger partial charge in [0.15, 0.2) is 11.5 Å². The highest BCUT2D eigenvalue weighted by atomic mass is 16.5. The lowest BCUT2D eigenvalue weighted by Gasteiger charge is -2.23. The fraction of sp³-hybridized carbons (Fsp3) is 0.474. The van der Waals surface area contributed by atoms with E-state index in [9.17, 15) is 4.79 Å². The summed E-state index contributed by atoms with van der Waals surface area (Å²) in [5, 5.41) is 3.19. The predicted molar refractivity (Wildman–Crippen MR) is 94.7 cm³/mol. The first-order valence-electron chi connectivity index (χ1n) is 8.64. The second kappa shape index (κ2) is 7.59. The normalized spacial score (nSPS) is 15.8. The lowest BCUT2D eigenvalue weighted by molar-refractivity contribution is -0.125. The molecular formula is C19H25N3O3. The number of imidazole rings is 1. The maximum atomic E-state index is 12.8. The molecule has 1 unspecified atom stereocenters. The van der Waals surface area contributed by atoms with Crippen molar-refractivity contribution in [2.45, 2.75) is 31.7 Å². The number of methoxy groups -OCH3 is 2. The Balaban J connectivity index is 2.00. The molecule has 1 fully saturated rings. The van der Waals surface area contributed by atoms with Crippen LogP contribution in [0.1, 0.15) is 43.1 Å². The van der Waals surface area contributed by atoms with Crippen molar-refractivity contribution in [1.29, 1.82) is 0 Å². The monoisotopic (exact) mass is 343 g/mol. The number of para-hydroxylation sites is 1. The molecular weight excluding hydrogens is 318 g/mol. The Kier molecular flexibility index (Phi) is 5.26. The van der Waals surface area contributed by atoms with E-state index in [4.69, 9.17) is 9.47 Å². The summed E-state index contributed by atoms with van der Waals surface area (Å²) in [4.78, 5) is 17.2. The summed E-state index contributed by atoms with van der Waals surface area (Å²) in [5.74, 6) is 2.17. The van der Waals surface area contributed by atoms with Crippen molar-refractivity contribution in [2.24, 2.45) is 13.0 Å². The van der Waals surface area contributed by atoms with Crippen LogP contribution in [0.25, 0.3) is 0 Å². The summed E-state index contributed by atoms with van der Waals surface area (Å²) in [6.45, 7) is 0. The summed E-state index contributed by atoms with van der Waals surface area (Å²) in [5.41, 5.74) is 0.836. The van der Waals surface area contributed by atoms with Gasteiger partial charge in [0, 0.05) is 30.9 Å². The van der Waals surface area contributed by atoms with E-state index >= 15 is 0 Å². The van der Waals surface area contributed by atoms with Crippen LogP contribution < -0.4 is 14.8 Å². The average Bonchev–Trinajstić information content (AvgIpc) is 3.30. The van der Waals surface area contributed by atoms with Crippen LogP contribution in [0.4, 0.5) is 0 Å². The van der Waals surface area contributed by atoms with E-state index in [0.717, 1.165) is 37.1 Å². The summed E-state index contributed by atoms with van der Waals surface area (Å²) >= 11 is 0. The first kappa shape index (κ1) is 17.3. The van der Waals surface area contributed by atoms with E-state index < -0.39 is 6.04 Å². The Morgan fingerprint density at radius 2 is 2.04 bits per heavy atom. The van der Waals surface area contributed by atoms with Crippen LogP contribution >= 0.6 is 0 Å². The topological polar surface area (TPSA) is 65.4 Å². The van der Waals surface area contributed by atoms with Crippen molar-refractivity contribution in [3.05, 3.63) is 42.0 Å². The molecule has 1 amide bonds. The van der Waals surface area contributed by atoms with Crippen molar-refractivity contribution in [3.63, 3.8) is 0 Å². The molecule has 1 atom stereocenters. The molecule has 1 heterocycles. The first-order valence-corrected chi connectivity index (χ1v) is 8.64. The maximum absolute atomic E-state index is 12.8. The Morgan fingerprint density at radius 3 is 2.64 bits per heavy atom. The molecule has 1 aliphatic rings. The third-order valence-corrected chi connectivity index (χ3v) is 4.87. The van der Waals surface area contributed by atoms with Crippen molar-refractivity contribution in [1.82, 2.24) is 14.9 Å². The molecule has 2 aromatic rings. The molecule has 6 nitrogen and oxygen atoms in total. The largest absolute Gasteiger partial charge is 0.493 e. The van der Waals surface area contributed by atoms with E-state index in [0.29, 0.717) is 11.5 Å². The molecule has 25 heavy (non-hydrogen) atoms. The van der Waals surface area contributed by atoms with Gasteiger partial charge in [0.2, 0.25) is 5.91 Å². The fourth-order valence-electron chi connectivity index (χ4n) is 3.52. The molecule has 134 valence electrons. The van der Waals surface area contributed by atoms with Gasteiger partial charge in [0.25, 0.3) is 0 Å². The van der Waals surface area contributed by atoms with Crippen molar-refractivity contribution in [2.75, 3.05) is 14.2 Å². The zero-order chi connectivity index (χ0) is 17.8. The van der Waals surface area contributed by atoms with Gasteiger partial charge in [0.1, 0.15) is 11.9 Å².